The molecule has 3 N–H and O–H groups in total. The molecule has 1 saturated carbocycles. The van der Waals surface area contributed by atoms with Gasteiger partial charge >= 0.3 is 0 Å². The Hall–Kier alpha value is -1.79. The SMILES string of the molecule is COc1cc(C(C)=O)ccc1OCCCC(=O)NC(CN)C1CCCCC1.Cl. The highest BCUT2D eigenvalue weighted by Crippen LogP contribution is 2.28. The molecule has 1 amide bonds. The minimum Gasteiger partial charge on any atom is -0.493 e. The van der Waals surface area contributed by atoms with Gasteiger partial charge in [0.25, 0.3) is 0 Å². The van der Waals surface area contributed by atoms with Gasteiger partial charge in [-0.05, 0) is 50.3 Å². The Morgan fingerprint density at radius 2 is 1.93 bits per heavy atom. The maximum Gasteiger partial charge on any atom is 0.220 e. The number of rotatable bonds is 10. The van der Waals surface area contributed by atoms with Crippen molar-refractivity contribution in [2.45, 2.75) is 57.9 Å². The molecule has 1 aromatic rings. The van der Waals surface area contributed by atoms with E-state index < -0.39 is 0 Å². The van der Waals surface area contributed by atoms with Crippen molar-refractivity contribution in [3.8, 4) is 11.5 Å². The number of halogens is 1. The molecule has 2 rings (SSSR count). The van der Waals surface area contributed by atoms with Crippen molar-refractivity contribution in [1.82, 2.24) is 5.32 Å². The second-order valence-corrected chi connectivity index (χ2v) is 7.18. The first-order valence-corrected chi connectivity index (χ1v) is 9.86. The molecule has 0 aromatic heterocycles. The number of methoxy groups -OCH3 is 1. The maximum absolute atomic E-state index is 12.2. The van der Waals surface area contributed by atoms with E-state index in [4.69, 9.17) is 15.2 Å². The highest BCUT2D eigenvalue weighted by atomic mass is 35.5. The Balaban J connectivity index is 0.00000392. The molecular weight excluding hydrogens is 380 g/mol. The summed E-state index contributed by atoms with van der Waals surface area (Å²) < 4.78 is 11.0. The summed E-state index contributed by atoms with van der Waals surface area (Å²) in [4.78, 5) is 23.7. The Morgan fingerprint density at radius 3 is 2.54 bits per heavy atom. The number of hydrogen-bond acceptors (Lipinski definition) is 5. The van der Waals surface area contributed by atoms with E-state index >= 15 is 0 Å². The van der Waals surface area contributed by atoms with Gasteiger partial charge < -0.3 is 20.5 Å². The van der Waals surface area contributed by atoms with Crippen LogP contribution in [0.5, 0.6) is 11.5 Å². The largest absolute Gasteiger partial charge is 0.493 e. The van der Waals surface area contributed by atoms with E-state index in [0.29, 0.717) is 49.0 Å². The zero-order valence-electron chi connectivity index (χ0n) is 16.9. The quantitative estimate of drug-likeness (QED) is 0.453. The predicted molar refractivity (Wildman–Crippen MR) is 113 cm³/mol. The Labute approximate surface area is 173 Å². The van der Waals surface area contributed by atoms with Crippen molar-refractivity contribution in [3.63, 3.8) is 0 Å². The van der Waals surface area contributed by atoms with Crippen molar-refractivity contribution in [1.29, 1.82) is 0 Å². The molecule has 1 aliphatic rings. The third-order valence-corrected chi connectivity index (χ3v) is 5.20. The van der Waals surface area contributed by atoms with Crippen LogP contribution in [0.4, 0.5) is 0 Å². The molecule has 158 valence electrons. The monoisotopic (exact) mass is 412 g/mol. The zero-order chi connectivity index (χ0) is 19.6. The Morgan fingerprint density at radius 1 is 1.21 bits per heavy atom. The summed E-state index contributed by atoms with van der Waals surface area (Å²) in [7, 11) is 1.54. The van der Waals surface area contributed by atoms with Crippen LogP contribution >= 0.6 is 12.4 Å². The average molecular weight is 413 g/mol. The van der Waals surface area contributed by atoms with Gasteiger partial charge in [0, 0.05) is 24.6 Å². The number of amides is 1. The van der Waals surface area contributed by atoms with Crippen molar-refractivity contribution >= 4 is 24.1 Å². The molecule has 0 spiro atoms. The summed E-state index contributed by atoms with van der Waals surface area (Å²) >= 11 is 0. The molecule has 1 unspecified atom stereocenters. The van der Waals surface area contributed by atoms with E-state index in [-0.39, 0.29) is 30.1 Å². The fourth-order valence-corrected chi connectivity index (χ4v) is 3.61. The molecule has 1 aliphatic carbocycles. The van der Waals surface area contributed by atoms with E-state index in [9.17, 15) is 9.59 Å². The van der Waals surface area contributed by atoms with Crippen molar-refractivity contribution in [3.05, 3.63) is 23.8 Å². The fraction of sp³-hybridized carbons (Fsp3) is 0.619. The van der Waals surface area contributed by atoms with Crippen LogP contribution in [0.25, 0.3) is 0 Å². The lowest BCUT2D eigenvalue weighted by atomic mass is 9.84. The van der Waals surface area contributed by atoms with Gasteiger partial charge in [-0.15, -0.1) is 12.4 Å². The van der Waals surface area contributed by atoms with Crippen LogP contribution in [0.2, 0.25) is 0 Å². The summed E-state index contributed by atoms with van der Waals surface area (Å²) in [5, 5.41) is 3.10. The molecule has 0 saturated heterocycles. The summed E-state index contributed by atoms with van der Waals surface area (Å²) in [5.41, 5.74) is 6.45. The van der Waals surface area contributed by atoms with E-state index in [1.807, 2.05) is 0 Å². The molecule has 6 nitrogen and oxygen atoms in total. The number of carbonyl (C=O) groups is 2. The summed E-state index contributed by atoms with van der Waals surface area (Å²) in [6.45, 7) is 2.41. The van der Waals surface area contributed by atoms with Gasteiger partial charge in [-0.25, -0.2) is 0 Å². The van der Waals surface area contributed by atoms with Crippen LogP contribution in [-0.4, -0.2) is 38.0 Å². The lowest BCUT2D eigenvalue weighted by Crippen LogP contribution is -2.45. The number of carbonyl (C=O) groups excluding carboxylic acids is 2. The van der Waals surface area contributed by atoms with Crippen LogP contribution in [0, 0.1) is 5.92 Å². The van der Waals surface area contributed by atoms with E-state index in [1.54, 1.807) is 18.2 Å². The maximum atomic E-state index is 12.2. The molecule has 28 heavy (non-hydrogen) atoms. The minimum absolute atomic E-state index is 0. The molecule has 0 heterocycles. The third-order valence-electron chi connectivity index (χ3n) is 5.20. The second-order valence-electron chi connectivity index (χ2n) is 7.18. The molecule has 1 fully saturated rings. The molecule has 0 aliphatic heterocycles. The predicted octanol–water partition coefficient (Wildman–Crippen LogP) is 3.50. The molecular formula is C21H33ClN2O4. The van der Waals surface area contributed by atoms with Gasteiger partial charge in [0.05, 0.1) is 13.7 Å². The van der Waals surface area contributed by atoms with Gasteiger partial charge in [0.1, 0.15) is 0 Å². The molecule has 0 radical (unpaired) electrons. The number of Topliss-reactive ketones (excluding diaryl/α,β-unsaturated/α-hetero) is 1. The standard InChI is InChI=1S/C21H32N2O4.ClH/c1-15(24)17-10-11-19(20(13-17)26-2)27-12-6-9-21(25)23-18(14-22)16-7-4-3-5-8-16;/h10-11,13,16,18H,3-9,12,14,22H2,1-2H3,(H,23,25);1H. The molecule has 1 atom stereocenters. The number of nitrogens with two attached hydrogens (primary N) is 1. The average Bonchev–Trinajstić information content (AvgIpc) is 2.69. The summed E-state index contributed by atoms with van der Waals surface area (Å²) in [6, 6.07) is 5.19. The third kappa shape index (κ3) is 7.32. The van der Waals surface area contributed by atoms with Gasteiger partial charge in [0.15, 0.2) is 17.3 Å². The van der Waals surface area contributed by atoms with Crippen LogP contribution in [0.1, 0.15) is 62.2 Å². The smallest absolute Gasteiger partial charge is 0.220 e. The van der Waals surface area contributed by atoms with E-state index in [2.05, 4.69) is 5.32 Å². The van der Waals surface area contributed by atoms with Gasteiger partial charge in [-0.2, -0.15) is 0 Å². The van der Waals surface area contributed by atoms with Crippen LogP contribution in [0.15, 0.2) is 18.2 Å². The molecule has 0 bridgehead atoms. The van der Waals surface area contributed by atoms with Crippen molar-refractivity contribution < 1.29 is 19.1 Å². The van der Waals surface area contributed by atoms with E-state index in [0.717, 1.165) is 12.8 Å². The van der Waals surface area contributed by atoms with Gasteiger partial charge in [-0.1, -0.05) is 19.3 Å². The van der Waals surface area contributed by atoms with E-state index in [1.165, 1.54) is 33.3 Å². The van der Waals surface area contributed by atoms with Crippen LogP contribution < -0.4 is 20.5 Å². The Bertz CT molecular complexity index is 633. The first-order valence-electron chi connectivity index (χ1n) is 9.86. The van der Waals surface area contributed by atoms with Gasteiger partial charge in [0.2, 0.25) is 5.91 Å². The number of ketones is 1. The zero-order valence-corrected chi connectivity index (χ0v) is 17.7. The topological polar surface area (TPSA) is 90.6 Å². The van der Waals surface area contributed by atoms with Crippen LogP contribution in [-0.2, 0) is 4.79 Å². The minimum atomic E-state index is -0.0241. The second kappa shape index (κ2) is 12.6. The number of benzene rings is 1. The highest BCUT2D eigenvalue weighted by molar-refractivity contribution is 5.94. The lowest BCUT2D eigenvalue weighted by molar-refractivity contribution is -0.122. The first kappa shape index (κ1) is 24.2. The number of ether oxygens (including phenoxy) is 2. The molecule has 1 aromatic carbocycles. The number of hydrogen-bond donors (Lipinski definition) is 2. The van der Waals surface area contributed by atoms with Crippen molar-refractivity contribution in [2.75, 3.05) is 20.3 Å². The van der Waals surface area contributed by atoms with Gasteiger partial charge in [-0.3, -0.25) is 9.59 Å². The highest BCUT2D eigenvalue weighted by Gasteiger charge is 2.23. The van der Waals surface area contributed by atoms with Crippen LogP contribution in [0.3, 0.4) is 0 Å². The Kier molecular flexibility index (Phi) is 10.9. The fourth-order valence-electron chi connectivity index (χ4n) is 3.61. The molecule has 7 heteroatoms. The summed E-state index contributed by atoms with van der Waals surface area (Å²) in [6.07, 6.45) is 7.06. The number of nitrogens with one attached hydrogen (secondary N) is 1. The first-order chi connectivity index (χ1) is 13.0. The van der Waals surface area contributed by atoms with Crippen molar-refractivity contribution in [2.24, 2.45) is 11.7 Å². The summed E-state index contributed by atoms with van der Waals surface area (Å²) in [5.74, 6) is 1.60. The lowest BCUT2D eigenvalue weighted by Gasteiger charge is -2.30. The normalized spacial score (nSPS) is 15.2.